The lowest BCUT2D eigenvalue weighted by Crippen LogP contribution is -2.43. The van der Waals surface area contributed by atoms with Crippen molar-refractivity contribution in [3.8, 4) is 0 Å². The van der Waals surface area contributed by atoms with Crippen LogP contribution < -0.4 is 10.2 Å². The van der Waals surface area contributed by atoms with Crippen LogP contribution in [-0.4, -0.2) is 35.1 Å². The van der Waals surface area contributed by atoms with E-state index in [0.717, 1.165) is 37.7 Å². The Morgan fingerprint density at radius 1 is 1.40 bits per heavy atom. The lowest BCUT2D eigenvalue weighted by molar-refractivity contribution is 0.547. The highest BCUT2D eigenvalue weighted by atomic mass is 32.2. The third-order valence-corrected chi connectivity index (χ3v) is 4.70. The summed E-state index contributed by atoms with van der Waals surface area (Å²) in [6, 6.07) is 6.38. The van der Waals surface area contributed by atoms with Gasteiger partial charge in [-0.2, -0.15) is 11.8 Å². The number of thioether (sulfide) groups is 1. The molecular weight excluding hydrogens is 266 g/mol. The molecule has 0 unspecified atom stereocenters. The molecule has 1 aromatic heterocycles. The predicted molar refractivity (Wildman–Crippen MR) is 89.5 cm³/mol. The van der Waals surface area contributed by atoms with Gasteiger partial charge in [-0.15, -0.1) is 0 Å². The fourth-order valence-corrected chi connectivity index (χ4v) is 3.55. The second-order valence-electron chi connectivity index (χ2n) is 6.54. The monoisotopic (exact) mass is 293 g/mol. The van der Waals surface area contributed by atoms with Crippen molar-refractivity contribution in [3.05, 3.63) is 23.9 Å². The fourth-order valence-electron chi connectivity index (χ4n) is 2.44. The molecule has 0 aromatic carbocycles. The number of anilines is 1. The van der Waals surface area contributed by atoms with Crippen LogP contribution in [-0.2, 0) is 6.54 Å². The maximum absolute atomic E-state index is 4.81. The number of hydrogen-bond donors (Lipinski definition) is 1. The fraction of sp³-hybridized carbons (Fsp3) is 0.688. The first-order valence-corrected chi connectivity index (χ1v) is 8.50. The van der Waals surface area contributed by atoms with Crippen LogP contribution in [0.1, 0.15) is 33.4 Å². The van der Waals surface area contributed by atoms with Crippen molar-refractivity contribution in [1.82, 2.24) is 10.3 Å². The Morgan fingerprint density at radius 2 is 2.20 bits per heavy atom. The SMILES string of the molecule is CC(C)CNCc1cccc(N2CCSC(C)(C)C2)n1. The molecule has 0 radical (unpaired) electrons. The highest BCUT2D eigenvalue weighted by Gasteiger charge is 2.27. The van der Waals surface area contributed by atoms with Crippen molar-refractivity contribution >= 4 is 17.6 Å². The summed E-state index contributed by atoms with van der Waals surface area (Å²) in [6.07, 6.45) is 0. The largest absolute Gasteiger partial charge is 0.354 e. The molecule has 0 saturated carbocycles. The zero-order valence-corrected chi connectivity index (χ0v) is 14.0. The minimum absolute atomic E-state index is 0.325. The van der Waals surface area contributed by atoms with Gasteiger partial charge in [0.1, 0.15) is 5.82 Å². The second-order valence-corrected chi connectivity index (χ2v) is 8.34. The van der Waals surface area contributed by atoms with Gasteiger partial charge in [0, 0.05) is 30.1 Å². The van der Waals surface area contributed by atoms with Crippen molar-refractivity contribution in [1.29, 1.82) is 0 Å². The maximum Gasteiger partial charge on any atom is 0.128 e. The molecule has 2 rings (SSSR count). The quantitative estimate of drug-likeness (QED) is 0.902. The first-order chi connectivity index (χ1) is 9.46. The Balaban J connectivity index is 1.98. The molecule has 1 aliphatic rings. The van der Waals surface area contributed by atoms with Gasteiger partial charge in [0.2, 0.25) is 0 Å². The molecule has 0 bridgehead atoms. The first kappa shape index (κ1) is 15.6. The van der Waals surface area contributed by atoms with Gasteiger partial charge < -0.3 is 10.2 Å². The van der Waals surface area contributed by atoms with Crippen molar-refractivity contribution in [2.75, 3.05) is 30.3 Å². The lowest BCUT2D eigenvalue weighted by Gasteiger charge is -2.38. The molecule has 20 heavy (non-hydrogen) atoms. The molecule has 4 heteroatoms. The summed E-state index contributed by atoms with van der Waals surface area (Å²) in [4.78, 5) is 7.23. The van der Waals surface area contributed by atoms with Crippen LogP contribution in [0, 0.1) is 5.92 Å². The van der Waals surface area contributed by atoms with E-state index in [1.165, 1.54) is 5.75 Å². The topological polar surface area (TPSA) is 28.2 Å². The highest BCUT2D eigenvalue weighted by molar-refractivity contribution is 8.00. The van der Waals surface area contributed by atoms with Crippen molar-refractivity contribution < 1.29 is 0 Å². The molecular formula is C16H27N3S. The third kappa shape index (κ3) is 4.67. The molecule has 1 aromatic rings. The molecule has 2 heterocycles. The standard InChI is InChI=1S/C16H27N3S/c1-13(2)10-17-11-14-6-5-7-15(18-14)19-8-9-20-16(3,4)12-19/h5-7,13,17H,8-12H2,1-4H3. The zero-order chi connectivity index (χ0) is 14.6. The molecule has 0 atom stereocenters. The van der Waals surface area contributed by atoms with Crippen LogP contribution in [0.3, 0.4) is 0 Å². The summed E-state index contributed by atoms with van der Waals surface area (Å²) in [5.41, 5.74) is 1.14. The molecule has 3 nitrogen and oxygen atoms in total. The zero-order valence-electron chi connectivity index (χ0n) is 13.1. The van der Waals surface area contributed by atoms with Crippen LogP contribution in [0.15, 0.2) is 18.2 Å². The van der Waals surface area contributed by atoms with Crippen LogP contribution in [0.2, 0.25) is 0 Å². The van der Waals surface area contributed by atoms with Crippen molar-refractivity contribution in [3.63, 3.8) is 0 Å². The van der Waals surface area contributed by atoms with E-state index in [2.05, 4.69) is 67.9 Å². The normalized spacial score (nSPS) is 18.6. The van der Waals surface area contributed by atoms with E-state index >= 15 is 0 Å². The number of nitrogens with zero attached hydrogens (tertiary/aromatic N) is 2. The van der Waals surface area contributed by atoms with Gasteiger partial charge in [-0.3, -0.25) is 0 Å². The van der Waals surface area contributed by atoms with E-state index in [-0.39, 0.29) is 0 Å². The van der Waals surface area contributed by atoms with Gasteiger partial charge in [0.05, 0.1) is 5.69 Å². The number of aromatic nitrogens is 1. The molecule has 112 valence electrons. The van der Waals surface area contributed by atoms with Crippen LogP contribution >= 0.6 is 11.8 Å². The molecule has 0 aliphatic carbocycles. The second kappa shape index (κ2) is 6.81. The molecule has 1 saturated heterocycles. The first-order valence-electron chi connectivity index (χ1n) is 7.52. The van der Waals surface area contributed by atoms with E-state index in [1.54, 1.807) is 0 Å². The number of pyridine rings is 1. The Labute approximate surface area is 127 Å². The Morgan fingerprint density at radius 3 is 2.90 bits per heavy atom. The summed E-state index contributed by atoms with van der Waals surface area (Å²) in [5, 5.41) is 3.46. The maximum atomic E-state index is 4.81. The van der Waals surface area contributed by atoms with Crippen molar-refractivity contribution in [2.45, 2.75) is 39.0 Å². The molecule has 1 aliphatic heterocycles. The molecule has 0 amide bonds. The molecule has 0 spiro atoms. The summed E-state index contributed by atoms with van der Waals surface area (Å²) < 4.78 is 0.325. The Hall–Kier alpha value is -0.740. The van der Waals surface area contributed by atoms with Gasteiger partial charge in [-0.1, -0.05) is 19.9 Å². The smallest absolute Gasteiger partial charge is 0.128 e. The average Bonchev–Trinajstić information content (AvgIpc) is 2.37. The third-order valence-electron chi connectivity index (χ3n) is 3.40. The van der Waals surface area contributed by atoms with E-state index in [4.69, 9.17) is 4.98 Å². The van der Waals surface area contributed by atoms with E-state index < -0.39 is 0 Å². The van der Waals surface area contributed by atoms with E-state index in [0.29, 0.717) is 10.7 Å². The average molecular weight is 293 g/mol. The summed E-state index contributed by atoms with van der Waals surface area (Å²) in [5.74, 6) is 2.99. The van der Waals surface area contributed by atoms with Crippen LogP contribution in [0.5, 0.6) is 0 Å². The molecule has 1 fully saturated rings. The highest BCUT2D eigenvalue weighted by Crippen LogP contribution is 2.31. The van der Waals surface area contributed by atoms with Gasteiger partial charge in [-0.05, 0) is 38.4 Å². The summed E-state index contributed by atoms with van der Waals surface area (Å²) in [7, 11) is 0. The van der Waals surface area contributed by atoms with Gasteiger partial charge in [0.25, 0.3) is 0 Å². The van der Waals surface area contributed by atoms with E-state index in [9.17, 15) is 0 Å². The Bertz CT molecular complexity index is 431. The van der Waals surface area contributed by atoms with Crippen LogP contribution in [0.25, 0.3) is 0 Å². The van der Waals surface area contributed by atoms with Gasteiger partial charge in [0.15, 0.2) is 0 Å². The lowest BCUT2D eigenvalue weighted by atomic mass is 10.2. The van der Waals surface area contributed by atoms with Gasteiger partial charge >= 0.3 is 0 Å². The van der Waals surface area contributed by atoms with Crippen LogP contribution in [0.4, 0.5) is 5.82 Å². The Kier molecular flexibility index (Phi) is 5.33. The summed E-state index contributed by atoms with van der Waals surface area (Å²) in [6.45, 7) is 13.2. The predicted octanol–water partition coefficient (Wildman–Crippen LogP) is 3.16. The number of nitrogens with one attached hydrogen (secondary N) is 1. The number of rotatable bonds is 5. The molecule has 1 N–H and O–H groups in total. The number of hydrogen-bond acceptors (Lipinski definition) is 4. The van der Waals surface area contributed by atoms with Crippen molar-refractivity contribution in [2.24, 2.45) is 5.92 Å². The van der Waals surface area contributed by atoms with E-state index in [1.807, 2.05) is 0 Å². The minimum Gasteiger partial charge on any atom is -0.354 e. The van der Waals surface area contributed by atoms with Gasteiger partial charge in [-0.25, -0.2) is 4.98 Å². The minimum atomic E-state index is 0.325. The summed E-state index contributed by atoms with van der Waals surface area (Å²) >= 11 is 2.06.